The van der Waals surface area contributed by atoms with Crippen molar-refractivity contribution in [3.05, 3.63) is 53.2 Å². The van der Waals surface area contributed by atoms with E-state index >= 15 is 0 Å². The number of hydrogen-bond donors (Lipinski definition) is 1. The van der Waals surface area contributed by atoms with E-state index < -0.39 is 0 Å². The third kappa shape index (κ3) is 2.21. The van der Waals surface area contributed by atoms with E-state index in [1.807, 2.05) is 25.3 Å². The number of fused-ring (bicyclic) bond motifs is 1. The lowest BCUT2D eigenvalue weighted by Gasteiger charge is -2.30. The normalized spacial score (nSPS) is 14.5. The van der Waals surface area contributed by atoms with E-state index in [0.717, 1.165) is 46.3 Å². The Morgan fingerprint density at radius 1 is 1.29 bits per heavy atom. The van der Waals surface area contributed by atoms with Crippen molar-refractivity contribution in [1.82, 2.24) is 9.55 Å². The molecular formula is C20H20N4. The number of nitrogens with zero attached hydrogens (tertiary/aromatic N) is 3. The van der Waals surface area contributed by atoms with Crippen LogP contribution in [-0.2, 0) is 6.54 Å². The highest BCUT2D eigenvalue weighted by molar-refractivity contribution is 5.92. The van der Waals surface area contributed by atoms with E-state index in [0.29, 0.717) is 18.2 Å². The van der Waals surface area contributed by atoms with E-state index in [2.05, 4.69) is 33.8 Å². The van der Waals surface area contributed by atoms with Crippen LogP contribution >= 0.6 is 0 Å². The van der Waals surface area contributed by atoms with Gasteiger partial charge in [-0.05, 0) is 48.9 Å². The quantitative estimate of drug-likeness (QED) is 0.792. The van der Waals surface area contributed by atoms with Crippen LogP contribution in [0, 0.1) is 18.3 Å². The van der Waals surface area contributed by atoms with Gasteiger partial charge >= 0.3 is 0 Å². The molecule has 2 aromatic heterocycles. The predicted molar refractivity (Wildman–Crippen MR) is 95.4 cm³/mol. The molecule has 1 aliphatic carbocycles. The fraction of sp³-hybridized carbons (Fsp3) is 0.300. The molecule has 1 aromatic carbocycles. The molecule has 1 aliphatic rings. The van der Waals surface area contributed by atoms with Gasteiger partial charge < -0.3 is 10.3 Å². The van der Waals surface area contributed by atoms with E-state index in [1.54, 1.807) is 0 Å². The Balaban J connectivity index is 2.03. The number of benzene rings is 1. The Morgan fingerprint density at radius 2 is 2.04 bits per heavy atom. The van der Waals surface area contributed by atoms with Gasteiger partial charge in [0.1, 0.15) is 17.1 Å². The van der Waals surface area contributed by atoms with Gasteiger partial charge in [-0.1, -0.05) is 24.3 Å². The Hall–Kier alpha value is -2.64. The summed E-state index contributed by atoms with van der Waals surface area (Å²) in [5.41, 5.74) is 12.6. The highest BCUT2D eigenvalue weighted by Crippen LogP contribution is 2.42. The summed E-state index contributed by atoms with van der Waals surface area (Å²) >= 11 is 0. The lowest BCUT2D eigenvalue weighted by Crippen LogP contribution is -2.17. The summed E-state index contributed by atoms with van der Waals surface area (Å²) in [6, 6.07) is 13.2. The Morgan fingerprint density at radius 3 is 2.62 bits per heavy atom. The highest BCUT2D eigenvalue weighted by Gasteiger charge is 2.28. The second-order valence-corrected chi connectivity index (χ2v) is 6.57. The van der Waals surface area contributed by atoms with Crippen LogP contribution < -0.4 is 5.73 Å². The van der Waals surface area contributed by atoms with Crippen molar-refractivity contribution in [2.24, 2.45) is 5.73 Å². The standard InChI is InChI=1S/C20H20N4/c1-13-9-18-19(23-12-13)17(11-22)20(24(18)16-3-2-4-16)15-7-5-14(10-21)6-8-15/h5-9,12,16H,2-4,10,21H2,1H3. The fourth-order valence-corrected chi connectivity index (χ4v) is 3.50. The monoisotopic (exact) mass is 316 g/mol. The molecule has 4 rings (SSSR count). The Kier molecular flexibility index (Phi) is 3.59. The maximum absolute atomic E-state index is 9.81. The molecule has 120 valence electrons. The number of aromatic nitrogens is 2. The minimum Gasteiger partial charge on any atom is -0.335 e. The first kappa shape index (κ1) is 14.9. The summed E-state index contributed by atoms with van der Waals surface area (Å²) in [6.45, 7) is 2.57. The topological polar surface area (TPSA) is 67.6 Å². The van der Waals surface area contributed by atoms with Gasteiger partial charge in [0.15, 0.2) is 0 Å². The van der Waals surface area contributed by atoms with E-state index in [1.165, 1.54) is 6.42 Å². The third-order valence-electron chi connectivity index (χ3n) is 4.99. The highest BCUT2D eigenvalue weighted by atomic mass is 15.1. The summed E-state index contributed by atoms with van der Waals surface area (Å²) < 4.78 is 2.34. The van der Waals surface area contributed by atoms with Gasteiger partial charge in [-0.25, -0.2) is 0 Å². The molecule has 0 amide bonds. The second-order valence-electron chi connectivity index (χ2n) is 6.57. The number of nitriles is 1. The number of hydrogen-bond acceptors (Lipinski definition) is 3. The van der Waals surface area contributed by atoms with E-state index in [-0.39, 0.29) is 0 Å². The van der Waals surface area contributed by atoms with Crippen LogP contribution in [0.25, 0.3) is 22.3 Å². The molecule has 1 saturated carbocycles. The number of rotatable bonds is 3. The van der Waals surface area contributed by atoms with Gasteiger partial charge in [0.05, 0.1) is 11.2 Å². The van der Waals surface area contributed by atoms with E-state index in [4.69, 9.17) is 5.73 Å². The van der Waals surface area contributed by atoms with Crippen LogP contribution in [0.4, 0.5) is 0 Å². The first-order valence-corrected chi connectivity index (χ1v) is 8.43. The van der Waals surface area contributed by atoms with Gasteiger partial charge in [-0.2, -0.15) is 5.26 Å². The van der Waals surface area contributed by atoms with Gasteiger partial charge in [0, 0.05) is 18.8 Å². The van der Waals surface area contributed by atoms with Gasteiger partial charge in [-0.15, -0.1) is 0 Å². The third-order valence-corrected chi connectivity index (χ3v) is 4.99. The van der Waals surface area contributed by atoms with E-state index in [9.17, 15) is 5.26 Å². The number of aryl methyl sites for hydroxylation is 1. The molecule has 0 saturated heterocycles. The largest absolute Gasteiger partial charge is 0.335 e. The molecule has 1 fully saturated rings. The van der Waals surface area contributed by atoms with Crippen LogP contribution in [0.5, 0.6) is 0 Å². The van der Waals surface area contributed by atoms with Crippen molar-refractivity contribution in [3.63, 3.8) is 0 Å². The molecule has 3 aromatic rings. The summed E-state index contributed by atoms with van der Waals surface area (Å²) in [5.74, 6) is 0. The predicted octanol–water partition coefficient (Wildman–Crippen LogP) is 4.07. The van der Waals surface area contributed by atoms with Crippen LogP contribution in [0.1, 0.15) is 42.0 Å². The molecule has 4 nitrogen and oxygen atoms in total. The second kappa shape index (κ2) is 5.77. The molecule has 2 N–H and O–H groups in total. The molecule has 0 unspecified atom stereocenters. The first-order chi connectivity index (χ1) is 11.7. The zero-order chi connectivity index (χ0) is 16.7. The van der Waals surface area contributed by atoms with Crippen molar-refractivity contribution in [2.75, 3.05) is 0 Å². The minimum absolute atomic E-state index is 0.461. The van der Waals surface area contributed by atoms with Crippen molar-refractivity contribution in [2.45, 2.75) is 38.8 Å². The average Bonchev–Trinajstić information content (AvgIpc) is 2.87. The van der Waals surface area contributed by atoms with Gasteiger partial charge in [0.25, 0.3) is 0 Å². The van der Waals surface area contributed by atoms with Crippen LogP contribution in [0.3, 0.4) is 0 Å². The van der Waals surface area contributed by atoms with Gasteiger partial charge in [-0.3, -0.25) is 4.98 Å². The summed E-state index contributed by atoms with van der Waals surface area (Å²) in [7, 11) is 0. The fourth-order valence-electron chi connectivity index (χ4n) is 3.50. The van der Waals surface area contributed by atoms with Crippen molar-refractivity contribution in [1.29, 1.82) is 5.26 Å². The number of nitrogens with two attached hydrogens (primary N) is 1. The first-order valence-electron chi connectivity index (χ1n) is 8.43. The van der Waals surface area contributed by atoms with Crippen LogP contribution in [0.2, 0.25) is 0 Å². The summed E-state index contributed by atoms with van der Waals surface area (Å²) in [6.07, 6.45) is 5.42. The molecule has 0 spiro atoms. The summed E-state index contributed by atoms with van der Waals surface area (Å²) in [4.78, 5) is 4.57. The SMILES string of the molecule is Cc1cnc2c(C#N)c(-c3ccc(CN)cc3)n(C3CCC3)c2c1. The molecule has 4 heteroatoms. The lowest BCUT2D eigenvalue weighted by atomic mass is 9.92. The summed E-state index contributed by atoms with van der Waals surface area (Å²) in [5, 5.41) is 9.81. The molecule has 2 heterocycles. The lowest BCUT2D eigenvalue weighted by molar-refractivity contribution is 0.324. The Labute approximate surface area is 141 Å². The minimum atomic E-state index is 0.461. The van der Waals surface area contributed by atoms with Crippen molar-refractivity contribution >= 4 is 11.0 Å². The molecular weight excluding hydrogens is 296 g/mol. The smallest absolute Gasteiger partial charge is 0.107 e. The van der Waals surface area contributed by atoms with Crippen molar-refractivity contribution in [3.8, 4) is 17.3 Å². The molecule has 0 atom stereocenters. The maximum atomic E-state index is 9.81. The molecule has 24 heavy (non-hydrogen) atoms. The van der Waals surface area contributed by atoms with Crippen LogP contribution in [0.15, 0.2) is 36.5 Å². The van der Waals surface area contributed by atoms with Gasteiger partial charge in [0.2, 0.25) is 0 Å². The molecule has 0 aliphatic heterocycles. The Bertz CT molecular complexity index is 940. The maximum Gasteiger partial charge on any atom is 0.107 e. The van der Waals surface area contributed by atoms with Crippen LogP contribution in [-0.4, -0.2) is 9.55 Å². The zero-order valence-corrected chi connectivity index (χ0v) is 13.8. The molecule has 0 radical (unpaired) electrons. The zero-order valence-electron chi connectivity index (χ0n) is 13.8. The molecule has 0 bridgehead atoms. The number of pyridine rings is 1. The van der Waals surface area contributed by atoms with Crippen molar-refractivity contribution < 1.29 is 0 Å². The average molecular weight is 316 g/mol.